The molecule has 1 saturated heterocycles. The normalized spacial score (nSPS) is 21.2. The van der Waals surface area contributed by atoms with Crippen molar-refractivity contribution in [2.75, 3.05) is 19.6 Å². The predicted molar refractivity (Wildman–Crippen MR) is 319 cm³/mol. The molecule has 0 bridgehead atoms. The number of nitrogens with zero attached hydrogens (tertiary/aromatic N) is 2. The molecule has 5 aliphatic rings. The summed E-state index contributed by atoms with van der Waals surface area (Å²) in [7, 11) is 0. The minimum Gasteiger partial charge on any atom is -0.687 e. The Balaban J connectivity index is 0.000000225. The van der Waals surface area contributed by atoms with Crippen LogP contribution < -0.4 is 0 Å². The summed E-state index contributed by atoms with van der Waals surface area (Å²) in [5.41, 5.74) is -4.55. The van der Waals surface area contributed by atoms with Crippen LogP contribution in [-0.2, 0) is 17.1 Å². The van der Waals surface area contributed by atoms with Gasteiger partial charge < -0.3 is 31.1 Å². The van der Waals surface area contributed by atoms with Gasteiger partial charge in [0.25, 0.3) is 0 Å². The molecule has 6 nitrogen and oxygen atoms in total. The molecule has 1 aromatic carbocycles. The first-order valence-electron chi connectivity index (χ1n) is 28.9. The number of aliphatic hydroxyl groups excluding tert-OH is 4. The molecule has 97 heavy (non-hydrogen) atoms. The number of halogens is 24. The van der Waals surface area contributed by atoms with Crippen LogP contribution >= 0.6 is 45.3 Å². The molecule has 35 heteroatoms. The minimum atomic E-state index is -5.58. The molecule has 6 heterocycles. The first kappa shape index (κ1) is 81.4. The summed E-state index contributed by atoms with van der Waals surface area (Å²) in [5.74, 6) is -31.0. The van der Waals surface area contributed by atoms with Crippen molar-refractivity contribution >= 4 is 73.2 Å². The van der Waals surface area contributed by atoms with Gasteiger partial charge in [0.2, 0.25) is 0 Å². The fraction of sp³-hybridized carbons (Fsp3) is 0.516. The number of benzene rings is 1. The number of aliphatic hydroxyl groups is 4. The second-order valence-electron chi connectivity index (χ2n) is 23.0. The number of hydrogen-bond donors (Lipinski definition) is 4. The van der Waals surface area contributed by atoms with Gasteiger partial charge in [0.05, 0.1) is 0 Å². The summed E-state index contributed by atoms with van der Waals surface area (Å²) < 4.78 is 319. The molecule has 0 amide bonds. The van der Waals surface area contributed by atoms with E-state index < -0.39 is 120 Å². The largest absolute Gasteiger partial charge is 2.00 e. The van der Waals surface area contributed by atoms with E-state index in [0.29, 0.717) is 50.3 Å². The quantitative estimate of drug-likeness (QED) is 0.0737. The van der Waals surface area contributed by atoms with E-state index in [9.17, 15) is 70.2 Å². The van der Waals surface area contributed by atoms with E-state index in [1.807, 2.05) is 0 Å². The van der Waals surface area contributed by atoms with E-state index in [1.165, 1.54) is 60.8 Å². The number of alkyl halides is 24. The Labute approximate surface area is 565 Å². The molecular formula is C62H58CuF24N2O4S4. The maximum Gasteiger partial charge on any atom is 2.00 e. The number of allylic oxidation sites excluding steroid dienone is 6. The van der Waals surface area contributed by atoms with E-state index in [2.05, 4.69) is 10.6 Å². The molecule has 2 fully saturated rings. The van der Waals surface area contributed by atoms with Crippen molar-refractivity contribution < 1.29 is 143 Å². The molecular weight excluding hydrogens is 1480 g/mol. The Kier molecular flexibility index (Phi) is 25.3. The van der Waals surface area contributed by atoms with Crippen LogP contribution in [0.2, 0.25) is 0 Å². The van der Waals surface area contributed by atoms with Crippen molar-refractivity contribution in [1.29, 1.82) is 0 Å². The number of piperidine rings is 1. The third-order valence-corrected chi connectivity index (χ3v) is 20.9. The van der Waals surface area contributed by atoms with Crippen LogP contribution in [0.25, 0.3) is 48.9 Å². The van der Waals surface area contributed by atoms with Gasteiger partial charge >= 0.3 is 77.3 Å². The Morgan fingerprint density at radius 2 is 0.784 bits per heavy atom. The average molecular weight is 1540 g/mol. The standard InChI is InChI=1S/C26H28F6NS2.C26H18F6NS2.2C5H6F6O2.Cu/c2*1-14-18(12-20(34-14)16-6-4-3-5-7-16)22-23(25(29,30)26(31,32)24(22,27)28)19-13-21(35-15(19)2)17-8-10-33-11-9-17;2*6-4(7,8)2(12)1-3(13)5(9,10)11;/h12-13,16-17H,3-11H2,1-2H3;3-10,12-13H,11H2,1-2H3;2*2-3,12-13H,1H2;/q2*-1;;;+2. The summed E-state index contributed by atoms with van der Waals surface area (Å²) in [6, 6.07) is 14.3. The maximum absolute atomic E-state index is 15.3. The van der Waals surface area contributed by atoms with Crippen LogP contribution in [-0.4, -0.2) is 125 Å². The number of hydrogen-bond acceptors (Lipinski definition) is 8. The van der Waals surface area contributed by atoms with Crippen molar-refractivity contribution in [3.8, 4) is 10.4 Å². The second kappa shape index (κ2) is 30.2. The first-order valence-corrected chi connectivity index (χ1v) is 32.2. The van der Waals surface area contributed by atoms with Crippen LogP contribution in [0.4, 0.5) is 105 Å². The summed E-state index contributed by atoms with van der Waals surface area (Å²) in [6.07, 6.45) is -25.4. The van der Waals surface area contributed by atoms with Crippen LogP contribution in [0.3, 0.4) is 0 Å². The Morgan fingerprint density at radius 1 is 0.454 bits per heavy atom. The van der Waals surface area contributed by atoms with E-state index in [1.54, 1.807) is 62.5 Å². The van der Waals surface area contributed by atoms with Crippen LogP contribution in [0, 0.1) is 27.7 Å². The van der Waals surface area contributed by atoms with E-state index >= 15 is 35.1 Å². The molecule has 1 radical (unpaired) electrons. The van der Waals surface area contributed by atoms with Crippen LogP contribution in [0.1, 0.15) is 126 Å². The van der Waals surface area contributed by atoms with E-state index in [0.717, 1.165) is 77.4 Å². The summed E-state index contributed by atoms with van der Waals surface area (Å²) in [4.78, 5) is 3.92. The zero-order valence-corrected chi connectivity index (χ0v) is 54.8. The average Bonchev–Trinajstić information content (AvgIpc) is 1.54. The maximum atomic E-state index is 15.3. The Bertz CT molecular complexity index is 3480. The van der Waals surface area contributed by atoms with Gasteiger partial charge in [-0.3, -0.25) is 0 Å². The van der Waals surface area contributed by atoms with Crippen molar-refractivity contribution in [2.45, 2.75) is 182 Å². The number of thiophene rings is 4. The molecule has 10 rings (SSSR count). The predicted octanol–water partition coefficient (Wildman–Crippen LogP) is 21.2. The summed E-state index contributed by atoms with van der Waals surface area (Å²) in [6.45, 7) is 7.76. The Morgan fingerprint density at radius 3 is 1.13 bits per heavy atom. The minimum absolute atomic E-state index is 0. The van der Waals surface area contributed by atoms with Crippen molar-refractivity contribution in [2.24, 2.45) is 0 Å². The van der Waals surface area contributed by atoms with Crippen molar-refractivity contribution in [1.82, 2.24) is 0 Å². The molecule has 3 aliphatic carbocycles. The van der Waals surface area contributed by atoms with Gasteiger partial charge in [-0.1, -0.05) is 74.6 Å². The van der Waals surface area contributed by atoms with Gasteiger partial charge in [-0.25, -0.2) is 0 Å². The molecule has 0 spiro atoms. The molecule has 4 aromatic heterocycles. The first-order chi connectivity index (χ1) is 44.0. The second-order valence-corrected chi connectivity index (χ2v) is 28.1. The zero-order valence-electron chi connectivity index (χ0n) is 50.6. The third-order valence-electron chi connectivity index (χ3n) is 16.3. The topological polar surface area (TPSA) is 109 Å². The third kappa shape index (κ3) is 17.0. The van der Waals surface area contributed by atoms with Crippen LogP contribution in [0.5, 0.6) is 0 Å². The molecule has 4 unspecified atom stereocenters. The molecule has 4 atom stereocenters. The number of aryl methyl sites for hydroxylation is 4. The van der Waals surface area contributed by atoms with Gasteiger partial charge in [0.1, 0.15) is 0 Å². The molecule has 2 aliphatic heterocycles. The van der Waals surface area contributed by atoms with Gasteiger partial charge in [-0.05, 0) is 110 Å². The van der Waals surface area contributed by atoms with Gasteiger partial charge in [0, 0.05) is 74.2 Å². The molecule has 4 N–H and O–H groups in total. The molecule has 5 aromatic rings. The van der Waals surface area contributed by atoms with Crippen molar-refractivity contribution in [3.05, 3.63) is 140 Å². The Hall–Kier alpha value is -4.58. The SMILES string of the molecule is Cc1sc(C2=CC[N-]C=C2)cc1C1=C(c2cc(-c3ccccc3)sc2C)C(F)(F)C(F)(F)C1(F)F.Cc1sc(C2CCCCC2)cc1C1=C(c2cc(C3CC[N-]CC3)sc2C)C(F)(F)C(F)(F)C1(F)F.OC(CC(O)C(F)(F)F)C(F)(F)F.OC(CC(O)C(F)(F)F)C(F)(F)F.[Cu+2]. The molecule has 1 saturated carbocycles. The summed E-state index contributed by atoms with van der Waals surface area (Å²) in [5, 5.41) is 40.9. The smallest absolute Gasteiger partial charge is 0.687 e. The van der Waals surface area contributed by atoms with Crippen LogP contribution in [0.15, 0.2) is 72.9 Å². The van der Waals surface area contributed by atoms with E-state index in [4.69, 9.17) is 20.4 Å². The fourth-order valence-electron chi connectivity index (χ4n) is 11.1. The fourth-order valence-corrected chi connectivity index (χ4v) is 15.6. The summed E-state index contributed by atoms with van der Waals surface area (Å²) >= 11 is 4.71. The van der Waals surface area contributed by atoms with E-state index in [-0.39, 0.29) is 60.9 Å². The van der Waals surface area contributed by atoms with Crippen molar-refractivity contribution in [3.63, 3.8) is 0 Å². The monoisotopic (exact) mass is 1540 g/mol. The molecule has 543 valence electrons. The van der Waals surface area contributed by atoms with Gasteiger partial charge in [-0.2, -0.15) is 112 Å². The number of rotatable bonds is 12. The van der Waals surface area contributed by atoms with Gasteiger partial charge in [0.15, 0.2) is 24.4 Å². The van der Waals surface area contributed by atoms with Gasteiger partial charge in [-0.15, -0.1) is 65.0 Å². The zero-order chi connectivity index (χ0) is 72.1.